The number of hydrogen-bond acceptors (Lipinski definition) is 3. The Labute approximate surface area is 130 Å². The fraction of sp³-hybridized carbons (Fsp3) is 0.158. The van der Waals surface area contributed by atoms with Gasteiger partial charge in [-0.15, -0.1) is 0 Å². The van der Waals surface area contributed by atoms with Gasteiger partial charge in [0.25, 0.3) is 0 Å². The van der Waals surface area contributed by atoms with E-state index in [1.165, 1.54) is 11.1 Å². The average Bonchev–Trinajstić information content (AvgIpc) is 3.00. The molecule has 0 fully saturated rings. The first kappa shape index (κ1) is 13.0. The molecular formula is C19H17N3. The standard InChI is InChI=1S/C19H17N3/c1-2-6-17-14(4-1)7-9-18(17)22-19-10-8-16(13-21-19)15-5-3-11-20-12-15/h1-6,8,10-13,18H,7,9H2,(H,21,22). The Hall–Kier alpha value is -2.68. The Morgan fingerprint density at radius 1 is 0.909 bits per heavy atom. The Morgan fingerprint density at radius 2 is 1.82 bits per heavy atom. The van der Waals surface area contributed by atoms with Crippen molar-refractivity contribution in [2.75, 3.05) is 5.32 Å². The summed E-state index contributed by atoms with van der Waals surface area (Å²) in [5, 5.41) is 3.55. The van der Waals surface area contributed by atoms with Crippen LogP contribution in [0.5, 0.6) is 0 Å². The molecule has 1 atom stereocenters. The third-order valence-electron chi connectivity index (χ3n) is 4.21. The van der Waals surface area contributed by atoms with Crippen molar-refractivity contribution < 1.29 is 0 Å². The minimum absolute atomic E-state index is 0.368. The van der Waals surface area contributed by atoms with E-state index in [0.717, 1.165) is 29.8 Å². The zero-order valence-electron chi connectivity index (χ0n) is 12.2. The number of pyridine rings is 2. The number of nitrogens with zero attached hydrogens (tertiary/aromatic N) is 2. The molecule has 1 unspecified atom stereocenters. The maximum absolute atomic E-state index is 4.55. The monoisotopic (exact) mass is 287 g/mol. The van der Waals surface area contributed by atoms with Crippen LogP contribution in [0.2, 0.25) is 0 Å². The van der Waals surface area contributed by atoms with Gasteiger partial charge in [0.2, 0.25) is 0 Å². The van der Waals surface area contributed by atoms with Gasteiger partial charge in [-0.2, -0.15) is 0 Å². The topological polar surface area (TPSA) is 37.8 Å². The minimum Gasteiger partial charge on any atom is -0.363 e. The Morgan fingerprint density at radius 3 is 2.64 bits per heavy atom. The summed E-state index contributed by atoms with van der Waals surface area (Å²) in [6.07, 6.45) is 7.81. The lowest BCUT2D eigenvalue weighted by atomic mass is 10.1. The molecule has 0 bridgehead atoms. The largest absolute Gasteiger partial charge is 0.363 e. The van der Waals surface area contributed by atoms with Gasteiger partial charge in [-0.05, 0) is 42.2 Å². The lowest BCUT2D eigenvalue weighted by Crippen LogP contribution is -2.08. The van der Waals surface area contributed by atoms with Gasteiger partial charge in [-0.3, -0.25) is 4.98 Å². The van der Waals surface area contributed by atoms with E-state index >= 15 is 0 Å². The van der Waals surface area contributed by atoms with Crippen LogP contribution in [-0.2, 0) is 6.42 Å². The van der Waals surface area contributed by atoms with Crippen LogP contribution in [0.25, 0.3) is 11.1 Å². The lowest BCUT2D eigenvalue weighted by Gasteiger charge is -2.15. The van der Waals surface area contributed by atoms with Crippen LogP contribution < -0.4 is 5.32 Å². The molecule has 2 heterocycles. The number of nitrogens with one attached hydrogen (secondary N) is 1. The number of fused-ring (bicyclic) bond motifs is 1. The average molecular weight is 287 g/mol. The van der Waals surface area contributed by atoms with Crippen LogP contribution in [-0.4, -0.2) is 9.97 Å². The summed E-state index contributed by atoms with van der Waals surface area (Å²) >= 11 is 0. The third kappa shape index (κ3) is 2.46. The first-order chi connectivity index (χ1) is 10.9. The number of anilines is 1. The first-order valence-electron chi connectivity index (χ1n) is 7.61. The molecule has 22 heavy (non-hydrogen) atoms. The first-order valence-corrected chi connectivity index (χ1v) is 7.61. The minimum atomic E-state index is 0.368. The highest BCUT2D eigenvalue weighted by Crippen LogP contribution is 2.33. The molecule has 1 aliphatic carbocycles. The lowest BCUT2D eigenvalue weighted by molar-refractivity contribution is 0.757. The van der Waals surface area contributed by atoms with Crippen molar-refractivity contribution in [1.29, 1.82) is 0 Å². The van der Waals surface area contributed by atoms with Crippen molar-refractivity contribution in [3.8, 4) is 11.1 Å². The van der Waals surface area contributed by atoms with Crippen LogP contribution in [0, 0.1) is 0 Å². The van der Waals surface area contributed by atoms with Gasteiger partial charge in [0, 0.05) is 29.7 Å². The second kappa shape index (κ2) is 5.60. The van der Waals surface area contributed by atoms with Crippen LogP contribution in [0.4, 0.5) is 5.82 Å². The van der Waals surface area contributed by atoms with Crippen molar-refractivity contribution >= 4 is 5.82 Å². The van der Waals surface area contributed by atoms with Crippen LogP contribution in [0.15, 0.2) is 67.1 Å². The SMILES string of the molecule is c1cncc(-c2ccc(NC3CCc4ccccc43)nc2)c1. The van der Waals surface area contributed by atoms with Crippen LogP contribution >= 0.6 is 0 Å². The number of benzene rings is 1. The Balaban J connectivity index is 1.53. The van der Waals surface area contributed by atoms with Crippen molar-refractivity contribution in [3.05, 3.63) is 78.2 Å². The second-order valence-corrected chi connectivity index (χ2v) is 5.61. The normalized spacial score (nSPS) is 16.3. The third-order valence-corrected chi connectivity index (χ3v) is 4.21. The molecule has 1 N–H and O–H groups in total. The van der Waals surface area contributed by atoms with Crippen LogP contribution in [0.3, 0.4) is 0 Å². The zero-order chi connectivity index (χ0) is 14.8. The highest BCUT2D eigenvalue weighted by atomic mass is 15.0. The van der Waals surface area contributed by atoms with Gasteiger partial charge in [0.15, 0.2) is 0 Å². The van der Waals surface area contributed by atoms with Gasteiger partial charge >= 0.3 is 0 Å². The molecule has 1 aliphatic rings. The fourth-order valence-corrected chi connectivity index (χ4v) is 3.07. The summed E-state index contributed by atoms with van der Waals surface area (Å²) in [7, 11) is 0. The zero-order valence-corrected chi connectivity index (χ0v) is 12.2. The number of aromatic nitrogens is 2. The molecular weight excluding hydrogens is 270 g/mol. The molecule has 3 nitrogen and oxygen atoms in total. The van der Waals surface area contributed by atoms with E-state index in [9.17, 15) is 0 Å². The predicted molar refractivity (Wildman–Crippen MR) is 88.6 cm³/mol. The molecule has 108 valence electrons. The van der Waals surface area contributed by atoms with Gasteiger partial charge in [0.05, 0.1) is 6.04 Å². The Bertz CT molecular complexity index is 766. The number of hydrogen-bond donors (Lipinski definition) is 1. The van der Waals surface area contributed by atoms with Gasteiger partial charge in [0.1, 0.15) is 5.82 Å². The smallest absolute Gasteiger partial charge is 0.126 e. The summed E-state index contributed by atoms with van der Waals surface area (Å²) in [6, 6.07) is 17.1. The molecule has 3 aromatic rings. The quantitative estimate of drug-likeness (QED) is 0.783. The highest BCUT2D eigenvalue weighted by molar-refractivity contribution is 5.62. The van der Waals surface area contributed by atoms with E-state index in [0.29, 0.717) is 6.04 Å². The van der Waals surface area contributed by atoms with E-state index in [1.807, 2.05) is 30.6 Å². The van der Waals surface area contributed by atoms with Crippen molar-refractivity contribution in [1.82, 2.24) is 9.97 Å². The number of aryl methyl sites for hydroxylation is 1. The summed E-state index contributed by atoms with van der Waals surface area (Å²) in [5.41, 5.74) is 5.03. The molecule has 0 radical (unpaired) electrons. The molecule has 0 aliphatic heterocycles. The van der Waals surface area contributed by atoms with E-state index in [4.69, 9.17) is 0 Å². The van der Waals surface area contributed by atoms with Crippen molar-refractivity contribution in [2.24, 2.45) is 0 Å². The molecule has 2 aromatic heterocycles. The Kier molecular flexibility index (Phi) is 3.31. The van der Waals surface area contributed by atoms with Crippen molar-refractivity contribution in [3.63, 3.8) is 0 Å². The van der Waals surface area contributed by atoms with Crippen molar-refractivity contribution in [2.45, 2.75) is 18.9 Å². The maximum Gasteiger partial charge on any atom is 0.126 e. The predicted octanol–water partition coefficient (Wildman–Crippen LogP) is 4.24. The highest BCUT2D eigenvalue weighted by Gasteiger charge is 2.21. The van der Waals surface area contributed by atoms with Crippen LogP contribution in [0.1, 0.15) is 23.6 Å². The molecule has 1 aromatic carbocycles. The van der Waals surface area contributed by atoms with E-state index in [1.54, 1.807) is 6.20 Å². The van der Waals surface area contributed by atoms with Gasteiger partial charge in [-0.1, -0.05) is 30.3 Å². The maximum atomic E-state index is 4.55. The molecule has 0 amide bonds. The van der Waals surface area contributed by atoms with E-state index < -0.39 is 0 Å². The molecule has 3 heteroatoms. The van der Waals surface area contributed by atoms with Gasteiger partial charge < -0.3 is 5.32 Å². The summed E-state index contributed by atoms with van der Waals surface area (Å²) in [6.45, 7) is 0. The summed E-state index contributed by atoms with van der Waals surface area (Å²) in [4.78, 5) is 8.70. The van der Waals surface area contributed by atoms with E-state index in [-0.39, 0.29) is 0 Å². The second-order valence-electron chi connectivity index (χ2n) is 5.61. The van der Waals surface area contributed by atoms with Gasteiger partial charge in [-0.25, -0.2) is 4.98 Å². The fourth-order valence-electron chi connectivity index (χ4n) is 3.07. The summed E-state index contributed by atoms with van der Waals surface area (Å²) in [5.74, 6) is 0.925. The van der Waals surface area contributed by atoms with E-state index in [2.05, 4.69) is 45.6 Å². The number of rotatable bonds is 3. The summed E-state index contributed by atoms with van der Waals surface area (Å²) < 4.78 is 0. The molecule has 4 rings (SSSR count). The molecule has 0 saturated carbocycles. The molecule has 0 saturated heterocycles. The molecule has 0 spiro atoms.